The number of pyridine rings is 1. The Bertz CT molecular complexity index is 858. The smallest absolute Gasteiger partial charge is 0.227 e. The number of rotatable bonds is 8. The molecule has 0 fully saturated rings. The van der Waals surface area contributed by atoms with E-state index in [0.29, 0.717) is 18.1 Å². The Morgan fingerprint density at radius 1 is 1.07 bits per heavy atom. The van der Waals surface area contributed by atoms with Crippen molar-refractivity contribution in [3.05, 3.63) is 54.7 Å². The molecule has 0 aliphatic rings. The van der Waals surface area contributed by atoms with E-state index in [0.717, 1.165) is 30.0 Å². The highest BCUT2D eigenvalue weighted by Crippen LogP contribution is 2.18. The summed E-state index contributed by atoms with van der Waals surface area (Å²) in [7, 11) is 0. The van der Waals surface area contributed by atoms with Crippen LogP contribution in [0.2, 0.25) is 0 Å². The summed E-state index contributed by atoms with van der Waals surface area (Å²) in [5.74, 6) is 0.850. The number of amides is 1. The first-order chi connectivity index (χ1) is 13.2. The molecule has 2 aromatic heterocycles. The number of hydrogen-bond acceptors (Lipinski definition) is 6. The zero-order valence-corrected chi connectivity index (χ0v) is 15.6. The molecule has 3 rings (SSSR count). The summed E-state index contributed by atoms with van der Waals surface area (Å²) in [6.45, 7) is 6.15. The van der Waals surface area contributed by atoms with Crippen LogP contribution in [0.1, 0.15) is 26.2 Å². The zero-order valence-electron chi connectivity index (χ0n) is 15.6. The van der Waals surface area contributed by atoms with Gasteiger partial charge >= 0.3 is 0 Å². The Labute approximate surface area is 158 Å². The van der Waals surface area contributed by atoms with E-state index in [-0.39, 0.29) is 12.3 Å². The van der Waals surface area contributed by atoms with Gasteiger partial charge in [-0.25, -0.2) is 0 Å². The van der Waals surface area contributed by atoms with Gasteiger partial charge in [0.2, 0.25) is 17.6 Å². The molecule has 0 unspecified atom stereocenters. The molecule has 2 heterocycles. The van der Waals surface area contributed by atoms with Crippen LogP contribution in [0.15, 0.2) is 53.3 Å². The highest BCUT2D eigenvalue weighted by molar-refractivity contribution is 5.90. The first-order valence-electron chi connectivity index (χ1n) is 9.07. The molecule has 0 aliphatic heterocycles. The van der Waals surface area contributed by atoms with Crippen molar-refractivity contribution in [1.82, 2.24) is 15.1 Å². The number of anilines is 2. The number of aromatic nitrogens is 3. The van der Waals surface area contributed by atoms with E-state index in [9.17, 15) is 4.79 Å². The third kappa shape index (κ3) is 4.91. The minimum absolute atomic E-state index is 0.0887. The van der Waals surface area contributed by atoms with Crippen LogP contribution in [-0.2, 0) is 11.2 Å². The Balaban J connectivity index is 1.52. The zero-order chi connectivity index (χ0) is 19.1. The van der Waals surface area contributed by atoms with Crippen molar-refractivity contribution in [2.75, 3.05) is 23.3 Å². The maximum absolute atomic E-state index is 12.2. The van der Waals surface area contributed by atoms with Crippen molar-refractivity contribution in [1.29, 1.82) is 0 Å². The van der Waals surface area contributed by atoms with Gasteiger partial charge in [-0.1, -0.05) is 5.16 Å². The summed E-state index contributed by atoms with van der Waals surface area (Å²) in [6, 6.07) is 11.5. The van der Waals surface area contributed by atoms with Gasteiger partial charge in [-0.05, 0) is 50.2 Å². The van der Waals surface area contributed by atoms with Gasteiger partial charge in [0.05, 0.1) is 0 Å². The number of nitrogens with one attached hydrogen (secondary N) is 1. The average Bonchev–Trinajstić information content (AvgIpc) is 3.18. The molecule has 27 heavy (non-hydrogen) atoms. The molecule has 0 saturated heterocycles. The van der Waals surface area contributed by atoms with Crippen LogP contribution in [-0.4, -0.2) is 34.1 Å². The topological polar surface area (TPSA) is 84.2 Å². The summed E-state index contributed by atoms with van der Waals surface area (Å²) >= 11 is 0. The van der Waals surface area contributed by atoms with Gasteiger partial charge in [-0.15, -0.1) is 0 Å². The summed E-state index contributed by atoms with van der Waals surface area (Å²) in [4.78, 5) is 22.7. The molecular formula is C20H23N5O2. The second kappa shape index (κ2) is 8.93. The van der Waals surface area contributed by atoms with E-state index in [1.165, 1.54) is 0 Å². The predicted octanol–water partition coefficient (Wildman–Crippen LogP) is 3.55. The first-order valence-corrected chi connectivity index (χ1v) is 9.07. The van der Waals surface area contributed by atoms with Gasteiger partial charge in [0.1, 0.15) is 0 Å². The maximum Gasteiger partial charge on any atom is 0.227 e. The fourth-order valence-electron chi connectivity index (χ4n) is 2.76. The van der Waals surface area contributed by atoms with Crippen LogP contribution >= 0.6 is 0 Å². The molecule has 1 aromatic carbocycles. The van der Waals surface area contributed by atoms with Crippen LogP contribution in [0.4, 0.5) is 11.4 Å². The molecule has 140 valence electrons. The molecule has 0 atom stereocenters. The van der Waals surface area contributed by atoms with Crippen molar-refractivity contribution < 1.29 is 9.32 Å². The fourth-order valence-corrected chi connectivity index (χ4v) is 2.76. The van der Waals surface area contributed by atoms with Crippen molar-refractivity contribution in [3.8, 4) is 11.4 Å². The lowest BCUT2D eigenvalue weighted by Crippen LogP contribution is -2.21. The third-order valence-corrected chi connectivity index (χ3v) is 4.25. The molecular weight excluding hydrogens is 342 g/mol. The quantitative estimate of drug-likeness (QED) is 0.657. The summed E-state index contributed by atoms with van der Waals surface area (Å²) in [5, 5.41) is 6.84. The SMILES string of the molecule is CCN(CC)c1ccc(NC(=O)CCc2nc(-c3ccncc3)no2)cc1. The van der Waals surface area contributed by atoms with Gasteiger partial charge < -0.3 is 14.7 Å². The molecule has 1 amide bonds. The number of nitrogens with zero attached hydrogens (tertiary/aromatic N) is 4. The predicted molar refractivity (Wildman–Crippen MR) is 104 cm³/mol. The number of benzene rings is 1. The third-order valence-electron chi connectivity index (χ3n) is 4.25. The Kier molecular flexibility index (Phi) is 6.14. The van der Waals surface area contributed by atoms with E-state index in [4.69, 9.17) is 4.52 Å². The second-order valence-corrected chi connectivity index (χ2v) is 6.01. The van der Waals surface area contributed by atoms with Gasteiger partial charge in [0.15, 0.2) is 0 Å². The lowest BCUT2D eigenvalue weighted by Gasteiger charge is -2.21. The van der Waals surface area contributed by atoms with Gasteiger partial charge in [-0.3, -0.25) is 9.78 Å². The molecule has 7 heteroatoms. The van der Waals surface area contributed by atoms with E-state index >= 15 is 0 Å². The second-order valence-electron chi connectivity index (χ2n) is 6.01. The first kappa shape index (κ1) is 18.6. The standard InChI is InChI=1S/C20H23N5O2/c1-3-25(4-2)17-7-5-16(6-8-17)22-18(26)9-10-19-23-20(24-27-19)15-11-13-21-14-12-15/h5-8,11-14H,3-4,9-10H2,1-2H3,(H,22,26). The monoisotopic (exact) mass is 365 g/mol. The van der Waals surface area contributed by atoms with Crippen molar-refractivity contribution in [2.45, 2.75) is 26.7 Å². The van der Waals surface area contributed by atoms with Crippen molar-refractivity contribution >= 4 is 17.3 Å². The Morgan fingerprint density at radius 2 is 1.78 bits per heavy atom. The normalized spacial score (nSPS) is 10.6. The fraction of sp³-hybridized carbons (Fsp3) is 0.300. The van der Waals surface area contributed by atoms with Crippen LogP contribution in [0.3, 0.4) is 0 Å². The lowest BCUT2D eigenvalue weighted by molar-refractivity contribution is -0.116. The average molecular weight is 365 g/mol. The van der Waals surface area contributed by atoms with Gasteiger partial charge in [0, 0.05) is 55.3 Å². The number of carbonyl (C=O) groups is 1. The summed E-state index contributed by atoms with van der Waals surface area (Å²) < 4.78 is 5.22. The van der Waals surface area contributed by atoms with E-state index < -0.39 is 0 Å². The van der Waals surface area contributed by atoms with Crippen molar-refractivity contribution in [3.63, 3.8) is 0 Å². The maximum atomic E-state index is 12.2. The molecule has 0 saturated carbocycles. The largest absolute Gasteiger partial charge is 0.372 e. The van der Waals surface area contributed by atoms with Crippen LogP contribution < -0.4 is 10.2 Å². The van der Waals surface area contributed by atoms with Crippen LogP contribution in [0, 0.1) is 0 Å². The molecule has 3 aromatic rings. The lowest BCUT2D eigenvalue weighted by atomic mass is 10.2. The molecule has 1 N–H and O–H groups in total. The number of hydrogen-bond donors (Lipinski definition) is 1. The highest BCUT2D eigenvalue weighted by Gasteiger charge is 2.11. The molecule has 0 radical (unpaired) electrons. The van der Waals surface area contributed by atoms with Crippen molar-refractivity contribution in [2.24, 2.45) is 0 Å². The van der Waals surface area contributed by atoms with Crippen LogP contribution in [0.25, 0.3) is 11.4 Å². The molecule has 0 bridgehead atoms. The molecule has 7 nitrogen and oxygen atoms in total. The van der Waals surface area contributed by atoms with Gasteiger partial charge in [0.25, 0.3) is 0 Å². The van der Waals surface area contributed by atoms with Gasteiger partial charge in [-0.2, -0.15) is 4.98 Å². The van der Waals surface area contributed by atoms with E-state index in [1.807, 2.05) is 36.4 Å². The minimum Gasteiger partial charge on any atom is -0.372 e. The molecule has 0 spiro atoms. The summed E-state index contributed by atoms with van der Waals surface area (Å²) in [6.07, 6.45) is 4.01. The Morgan fingerprint density at radius 3 is 2.44 bits per heavy atom. The van der Waals surface area contributed by atoms with E-state index in [1.54, 1.807) is 12.4 Å². The molecule has 0 aliphatic carbocycles. The van der Waals surface area contributed by atoms with E-state index in [2.05, 4.69) is 39.2 Å². The van der Waals surface area contributed by atoms with Crippen LogP contribution in [0.5, 0.6) is 0 Å². The summed E-state index contributed by atoms with van der Waals surface area (Å²) in [5.41, 5.74) is 2.75. The minimum atomic E-state index is -0.0887. The number of carbonyl (C=O) groups excluding carboxylic acids is 1. The Hall–Kier alpha value is -3.22. The number of aryl methyl sites for hydroxylation is 1. The highest BCUT2D eigenvalue weighted by atomic mass is 16.5.